The molecule has 0 spiro atoms. The molecule has 0 aliphatic rings. The molecule has 1 atom stereocenters. The van der Waals surface area contributed by atoms with Gasteiger partial charge >= 0.3 is 0 Å². The molecule has 0 saturated carbocycles. The van der Waals surface area contributed by atoms with E-state index in [0.717, 1.165) is 5.75 Å². The summed E-state index contributed by atoms with van der Waals surface area (Å²) in [6.45, 7) is 10.9. The van der Waals surface area contributed by atoms with E-state index in [-0.39, 0.29) is 0 Å². The monoisotopic (exact) mass is 174 g/mol. The highest BCUT2D eigenvalue weighted by Gasteiger charge is 2.07. The summed E-state index contributed by atoms with van der Waals surface area (Å²) in [4.78, 5) is 2.54. The quantitative estimate of drug-likeness (QED) is 0.351. The van der Waals surface area contributed by atoms with Crippen LogP contribution in [0.1, 0.15) is 0 Å². The topological polar surface area (TPSA) is 0 Å². The van der Waals surface area contributed by atoms with E-state index in [1.165, 1.54) is 0 Å². The average molecular weight is 174 g/mol. The smallest absolute Gasteiger partial charge is 0.0753 e. The predicted octanol–water partition coefficient (Wildman–Crippen LogP) is 2.75. The highest BCUT2D eigenvalue weighted by Crippen LogP contribution is 2.09. The maximum Gasteiger partial charge on any atom is 0.0753 e. The summed E-state index contributed by atoms with van der Waals surface area (Å²) >= 11 is 0. The number of hydrogen-bond donors (Lipinski definition) is 0. The van der Waals surface area contributed by atoms with Gasteiger partial charge < -0.3 is 0 Å². The van der Waals surface area contributed by atoms with Crippen LogP contribution in [0.2, 0.25) is 19.6 Å². The van der Waals surface area contributed by atoms with E-state index in [2.05, 4.69) is 37.5 Å². The number of rotatable bonds is 3. The molecule has 0 bridgehead atoms. The second-order valence-corrected chi connectivity index (χ2v) is 11.0. The molecule has 0 aromatic heterocycles. The van der Waals surface area contributed by atoms with E-state index in [4.69, 9.17) is 0 Å². The third-order valence-corrected chi connectivity index (χ3v) is 6.13. The van der Waals surface area contributed by atoms with E-state index in [9.17, 15) is 0 Å². The molecular weight excluding hydrogens is 156 g/mol. The maximum atomic E-state index is 3.73. The van der Waals surface area contributed by atoms with Gasteiger partial charge in [0.15, 0.2) is 0 Å². The Kier molecular flexibility index (Phi) is 4.21. The molecule has 0 aromatic rings. The largest absolute Gasteiger partial charge is 0.193 e. The molecule has 0 radical (unpaired) electrons. The minimum Gasteiger partial charge on any atom is -0.193 e. The maximum absolute atomic E-state index is 3.73. The molecule has 0 rings (SSSR count). The molecule has 0 saturated heterocycles. The Hall–Kier alpha value is 0.177. The fourth-order valence-corrected chi connectivity index (χ4v) is 6.42. The van der Waals surface area contributed by atoms with Gasteiger partial charge in [0.1, 0.15) is 0 Å². The Morgan fingerprint density at radius 2 is 1.90 bits per heavy atom. The standard InChI is InChI=1S/C8H18SSi/c1-6-7-9(2)8-10(3,4)5/h6,8H,1,7H2,2-5H3. The summed E-state index contributed by atoms with van der Waals surface area (Å²) in [6, 6.07) is 0. The van der Waals surface area contributed by atoms with Crippen LogP contribution in [-0.2, 0) is 0 Å². The van der Waals surface area contributed by atoms with E-state index in [0.29, 0.717) is 10.5 Å². The molecular formula is C8H18SSi. The van der Waals surface area contributed by atoms with Gasteiger partial charge in [-0.15, -0.1) is 6.58 Å². The van der Waals surface area contributed by atoms with Crippen LogP contribution in [0.15, 0.2) is 12.7 Å². The molecule has 0 heterocycles. The van der Waals surface area contributed by atoms with Crippen LogP contribution in [0.4, 0.5) is 0 Å². The lowest BCUT2D eigenvalue weighted by Gasteiger charge is -2.11. The van der Waals surface area contributed by atoms with Gasteiger partial charge in [0, 0.05) is 5.75 Å². The third kappa shape index (κ3) is 6.30. The minimum atomic E-state index is -0.918. The summed E-state index contributed by atoms with van der Waals surface area (Å²) in [5.74, 6) is 1.16. The highest BCUT2D eigenvalue weighted by molar-refractivity contribution is 8.16. The Morgan fingerprint density at radius 1 is 1.40 bits per heavy atom. The Bertz CT molecular complexity index is 142. The highest BCUT2D eigenvalue weighted by atomic mass is 32.2. The summed E-state index contributed by atoms with van der Waals surface area (Å²) in [7, 11) is -0.439. The average Bonchev–Trinajstić information content (AvgIpc) is 1.59. The van der Waals surface area contributed by atoms with Gasteiger partial charge in [-0.1, -0.05) is 30.7 Å². The van der Waals surface area contributed by atoms with E-state index < -0.39 is 8.07 Å². The molecule has 2 heteroatoms. The summed E-state index contributed by atoms with van der Waals surface area (Å²) in [6.07, 6.45) is 4.31. The van der Waals surface area contributed by atoms with Crippen LogP contribution in [0.3, 0.4) is 0 Å². The molecule has 10 heavy (non-hydrogen) atoms. The van der Waals surface area contributed by atoms with Gasteiger partial charge in [-0.3, -0.25) is 0 Å². The fourth-order valence-electron chi connectivity index (χ4n) is 0.838. The van der Waals surface area contributed by atoms with Crippen molar-refractivity contribution in [3.05, 3.63) is 12.7 Å². The molecule has 0 fully saturated rings. The van der Waals surface area contributed by atoms with Crippen molar-refractivity contribution in [2.45, 2.75) is 19.6 Å². The zero-order chi connectivity index (χ0) is 8.20. The van der Waals surface area contributed by atoms with Gasteiger partial charge in [-0.25, -0.2) is 0 Å². The first-order valence-electron chi connectivity index (χ1n) is 3.54. The molecule has 1 unspecified atom stereocenters. The van der Waals surface area contributed by atoms with E-state index in [1.54, 1.807) is 0 Å². The summed E-state index contributed by atoms with van der Waals surface area (Å²) in [5.41, 5.74) is 0. The molecule has 0 aliphatic heterocycles. The van der Waals surface area contributed by atoms with Gasteiger partial charge in [0.2, 0.25) is 0 Å². The Balaban J connectivity index is 4.02. The van der Waals surface area contributed by atoms with Crippen molar-refractivity contribution in [1.29, 1.82) is 0 Å². The Morgan fingerprint density at radius 3 is 2.20 bits per heavy atom. The van der Waals surface area contributed by atoms with E-state index in [1.807, 2.05) is 6.08 Å². The summed E-state index contributed by atoms with van der Waals surface area (Å²) < 4.78 is 0. The molecule has 0 amide bonds. The van der Waals surface area contributed by atoms with Crippen molar-refractivity contribution >= 4 is 23.5 Å². The van der Waals surface area contributed by atoms with Crippen molar-refractivity contribution in [1.82, 2.24) is 0 Å². The first kappa shape index (κ1) is 10.2. The van der Waals surface area contributed by atoms with Crippen molar-refractivity contribution < 1.29 is 0 Å². The molecule has 60 valence electrons. The van der Waals surface area contributed by atoms with Crippen LogP contribution >= 0.6 is 10.5 Å². The number of hydrogen-bond acceptors (Lipinski definition) is 0. The van der Waals surface area contributed by atoms with Gasteiger partial charge in [-0.05, 0) is 6.26 Å². The molecule has 0 aliphatic carbocycles. The first-order chi connectivity index (χ1) is 4.45. The lowest BCUT2D eigenvalue weighted by Crippen LogP contribution is -2.22. The molecule has 0 aromatic carbocycles. The SMILES string of the molecule is C=CCS(C)=C[Si](C)(C)C. The third-order valence-electron chi connectivity index (χ3n) is 0.935. The minimum absolute atomic E-state index is 0.479. The second kappa shape index (κ2) is 4.14. The predicted molar refractivity (Wildman–Crippen MR) is 58.0 cm³/mol. The first-order valence-corrected chi connectivity index (χ1v) is 8.98. The van der Waals surface area contributed by atoms with Crippen LogP contribution in [0, 0.1) is 0 Å². The van der Waals surface area contributed by atoms with Crippen LogP contribution < -0.4 is 0 Å². The second-order valence-electron chi connectivity index (χ2n) is 3.63. The Labute approximate surface area is 68.3 Å². The zero-order valence-electron chi connectivity index (χ0n) is 7.48. The van der Waals surface area contributed by atoms with Crippen LogP contribution in [0.25, 0.3) is 0 Å². The van der Waals surface area contributed by atoms with Crippen molar-refractivity contribution in [3.8, 4) is 0 Å². The molecule has 0 nitrogen and oxygen atoms in total. The van der Waals surface area contributed by atoms with Crippen LogP contribution in [-0.4, -0.2) is 25.1 Å². The van der Waals surface area contributed by atoms with Crippen molar-refractivity contribution in [2.24, 2.45) is 0 Å². The van der Waals surface area contributed by atoms with Crippen molar-refractivity contribution in [3.63, 3.8) is 0 Å². The summed E-state index contributed by atoms with van der Waals surface area (Å²) in [5, 5.41) is 0. The fraction of sp³-hybridized carbons (Fsp3) is 0.625. The van der Waals surface area contributed by atoms with Crippen LogP contribution in [0.5, 0.6) is 0 Å². The van der Waals surface area contributed by atoms with Gasteiger partial charge in [0.05, 0.1) is 8.07 Å². The normalized spacial score (nSPS) is 15.2. The van der Waals surface area contributed by atoms with E-state index >= 15 is 0 Å². The molecule has 0 N–H and O–H groups in total. The van der Waals surface area contributed by atoms with Gasteiger partial charge in [-0.2, -0.15) is 10.5 Å². The zero-order valence-corrected chi connectivity index (χ0v) is 9.29. The van der Waals surface area contributed by atoms with Gasteiger partial charge in [0.25, 0.3) is 0 Å². The lowest BCUT2D eigenvalue weighted by atomic mass is 10.8. The lowest BCUT2D eigenvalue weighted by molar-refractivity contribution is 1.81. The van der Waals surface area contributed by atoms with Crippen molar-refractivity contribution in [2.75, 3.05) is 12.0 Å².